The maximum Gasteiger partial charge on any atom is 0.237 e. The number of halogens is 4. The number of aliphatic hydroxyl groups excluding tert-OH is 1. The fourth-order valence-corrected chi connectivity index (χ4v) is 7.02. The van der Waals surface area contributed by atoms with Gasteiger partial charge in [-0.25, -0.2) is 8.78 Å². The maximum absolute atomic E-state index is 15.0. The first-order valence-corrected chi connectivity index (χ1v) is 15.4. The lowest BCUT2D eigenvalue weighted by Gasteiger charge is -2.31. The van der Waals surface area contributed by atoms with Crippen molar-refractivity contribution in [2.45, 2.75) is 96.2 Å². The van der Waals surface area contributed by atoms with Gasteiger partial charge in [-0.1, -0.05) is 50.0 Å². The van der Waals surface area contributed by atoms with E-state index in [2.05, 4.69) is 36.7 Å². The van der Waals surface area contributed by atoms with Gasteiger partial charge in [-0.15, -0.1) is 0 Å². The van der Waals surface area contributed by atoms with Crippen molar-refractivity contribution in [1.29, 1.82) is 0 Å². The van der Waals surface area contributed by atoms with Crippen LogP contribution in [-0.2, 0) is 9.59 Å². The van der Waals surface area contributed by atoms with Crippen LogP contribution >= 0.6 is 23.2 Å². The standard InChI is InChI=1S/C32H41Cl2F2N3O3/c1-17(40)38-26-15-23(34)25(36)14-21(26)29-27(16-32(2,3)4)39-30(28(29)19-8-10-24(35)22(33)13-19)31(42)37-11-5-6-18-7-9-20(41)12-18/h8,10,13-15,18,20,27-30,39,41H,5-7,9,11-12,16H2,1-4H3,(H,37,42)(H,38,40)/t18-,20-,27-,28-,29-,30-/m1/s1. The lowest BCUT2D eigenvalue weighted by molar-refractivity contribution is -0.123. The number of benzene rings is 2. The summed E-state index contributed by atoms with van der Waals surface area (Å²) in [6, 6.07) is 6.08. The van der Waals surface area contributed by atoms with E-state index in [1.165, 1.54) is 31.2 Å². The first kappa shape index (κ1) is 32.6. The van der Waals surface area contributed by atoms with E-state index in [1.54, 1.807) is 6.07 Å². The number of amides is 2. The summed E-state index contributed by atoms with van der Waals surface area (Å²) in [6.07, 6.45) is 4.73. The van der Waals surface area contributed by atoms with Crippen LogP contribution in [0.1, 0.15) is 89.2 Å². The van der Waals surface area contributed by atoms with E-state index < -0.39 is 29.5 Å². The molecule has 0 bridgehead atoms. The summed E-state index contributed by atoms with van der Waals surface area (Å²) in [4.78, 5) is 26.0. The average Bonchev–Trinajstić information content (AvgIpc) is 3.47. The number of anilines is 1. The van der Waals surface area contributed by atoms with Crippen LogP contribution in [-0.4, -0.2) is 41.7 Å². The molecule has 2 fully saturated rings. The monoisotopic (exact) mass is 623 g/mol. The number of carbonyl (C=O) groups excluding carboxylic acids is 2. The van der Waals surface area contributed by atoms with E-state index in [0.29, 0.717) is 35.7 Å². The van der Waals surface area contributed by atoms with Crippen molar-refractivity contribution in [3.8, 4) is 0 Å². The van der Waals surface area contributed by atoms with Gasteiger partial charge in [-0.05, 0) is 85.3 Å². The summed E-state index contributed by atoms with van der Waals surface area (Å²) < 4.78 is 29.3. The number of rotatable bonds is 9. The van der Waals surface area contributed by atoms with Crippen LogP contribution in [0.25, 0.3) is 0 Å². The summed E-state index contributed by atoms with van der Waals surface area (Å²) in [5, 5.41) is 19.0. The largest absolute Gasteiger partial charge is 0.393 e. The summed E-state index contributed by atoms with van der Waals surface area (Å²) in [5.74, 6) is -2.38. The highest BCUT2D eigenvalue weighted by atomic mass is 35.5. The predicted octanol–water partition coefficient (Wildman–Crippen LogP) is 6.93. The van der Waals surface area contributed by atoms with Gasteiger partial charge in [0.25, 0.3) is 0 Å². The Morgan fingerprint density at radius 1 is 1.05 bits per heavy atom. The van der Waals surface area contributed by atoms with Crippen LogP contribution in [0, 0.1) is 23.0 Å². The van der Waals surface area contributed by atoms with Gasteiger partial charge < -0.3 is 21.1 Å². The van der Waals surface area contributed by atoms with E-state index in [9.17, 15) is 19.1 Å². The Morgan fingerprint density at radius 2 is 1.76 bits per heavy atom. The van der Waals surface area contributed by atoms with Crippen LogP contribution in [0.2, 0.25) is 10.0 Å². The topological polar surface area (TPSA) is 90.5 Å². The Bertz CT molecular complexity index is 1300. The Morgan fingerprint density at radius 3 is 2.38 bits per heavy atom. The Kier molecular flexibility index (Phi) is 10.6. The Hall–Kier alpha value is -2.26. The number of aliphatic hydroxyl groups is 1. The fourth-order valence-electron chi connectivity index (χ4n) is 6.67. The molecule has 6 atom stereocenters. The molecular formula is C32H41Cl2F2N3O3. The molecule has 0 spiro atoms. The highest BCUT2D eigenvalue weighted by molar-refractivity contribution is 6.31. The molecule has 1 aliphatic carbocycles. The Labute approximate surface area is 256 Å². The van der Waals surface area contributed by atoms with E-state index in [0.717, 1.165) is 32.1 Å². The van der Waals surface area contributed by atoms with Crippen LogP contribution in [0.3, 0.4) is 0 Å². The molecule has 2 amide bonds. The minimum atomic E-state index is -0.735. The molecule has 0 aromatic heterocycles. The normalized spacial score (nSPS) is 25.9. The molecule has 6 nitrogen and oxygen atoms in total. The molecule has 0 unspecified atom stereocenters. The summed E-state index contributed by atoms with van der Waals surface area (Å²) >= 11 is 12.4. The molecule has 1 aliphatic heterocycles. The van der Waals surface area contributed by atoms with Crippen LogP contribution in [0.15, 0.2) is 30.3 Å². The van der Waals surface area contributed by atoms with Gasteiger partial charge in [0.1, 0.15) is 11.6 Å². The minimum absolute atomic E-state index is 0.0761. The number of hydrogen-bond acceptors (Lipinski definition) is 4. The number of hydrogen-bond donors (Lipinski definition) is 4. The smallest absolute Gasteiger partial charge is 0.237 e. The quantitative estimate of drug-likeness (QED) is 0.228. The molecule has 1 heterocycles. The first-order valence-electron chi connectivity index (χ1n) is 14.7. The second-order valence-corrected chi connectivity index (χ2v) is 13.9. The maximum atomic E-state index is 15.0. The zero-order valence-electron chi connectivity index (χ0n) is 24.6. The fraction of sp³-hybridized carbons (Fsp3) is 0.562. The van der Waals surface area contributed by atoms with Gasteiger partial charge in [0.05, 0.1) is 22.2 Å². The minimum Gasteiger partial charge on any atom is -0.393 e. The lowest BCUT2D eigenvalue weighted by Crippen LogP contribution is -2.45. The molecular weight excluding hydrogens is 583 g/mol. The molecule has 1 saturated carbocycles. The molecule has 42 heavy (non-hydrogen) atoms. The first-order chi connectivity index (χ1) is 19.7. The molecule has 2 aliphatic rings. The third kappa shape index (κ3) is 8.01. The van der Waals surface area contributed by atoms with Gasteiger partial charge in [-0.3, -0.25) is 9.59 Å². The van der Waals surface area contributed by atoms with Crippen molar-refractivity contribution in [3.05, 3.63) is 63.1 Å². The van der Waals surface area contributed by atoms with Crippen molar-refractivity contribution in [1.82, 2.24) is 10.6 Å². The second-order valence-electron chi connectivity index (χ2n) is 13.0. The highest BCUT2D eigenvalue weighted by Gasteiger charge is 2.49. The van der Waals surface area contributed by atoms with Crippen molar-refractivity contribution in [2.24, 2.45) is 11.3 Å². The molecule has 0 radical (unpaired) electrons. The van der Waals surface area contributed by atoms with Crippen molar-refractivity contribution < 1.29 is 23.5 Å². The highest BCUT2D eigenvalue weighted by Crippen LogP contribution is 2.49. The Balaban J connectivity index is 1.72. The zero-order chi connectivity index (χ0) is 30.8. The van der Waals surface area contributed by atoms with Crippen molar-refractivity contribution in [3.63, 3.8) is 0 Å². The van der Waals surface area contributed by atoms with Gasteiger partial charge in [0, 0.05) is 37.0 Å². The predicted molar refractivity (Wildman–Crippen MR) is 163 cm³/mol. The number of carbonyl (C=O) groups is 2. The van der Waals surface area contributed by atoms with Crippen molar-refractivity contribution in [2.75, 3.05) is 11.9 Å². The molecule has 10 heteroatoms. The van der Waals surface area contributed by atoms with Gasteiger partial charge in [0.15, 0.2) is 0 Å². The van der Waals surface area contributed by atoms with Crippen LogP contribution in [0.5, 0.6) is 0 Å². The van der Waals surface area contributed by atoms with Crippen LogP contribution in [0.4, 0.5) is 14.5 Å². The number of nitrogens with one attached hydrogen (secondary N) is 3. The van der Waals surface area contributed by atoms with Gasteiger partial charge in [0.2, 0.25) is 11.8 Å². The third-order valence-corrected chi connectivity index (χ3v) is 8.96. The van der Waals surface area contributed by atoms with Gasteiger partial charge in [-0.2, -0.15) is 0 Å². The second kappa shape index (κ2) is 13.6. The van der Waals surface area contributed by atoms with E-state index >= 15 is 4.39 Å². The molecule has 1 saturated heterocycles. The summed E-state index contributed by atoms with van der Waals surface area (Å²) in [7, 11) is 0. The molecule has 4 rings (SSSR count). The summed E-state index contributed by atoms with van der Waals surface area (Å²) in [6.45, 7) is 8.09. The van der Waals surface area contributed by atoms with Crippen LogP contribution < -0.4 is 16.0 Å². The molecule has 2 aromatic rings. The average molecular weight is 625 g/mol. The van der Waals surface area contributed by atoms with E-state index in [4.69, 9.17) is 23.2 Å². The van der Waals surface area contributed by atoms with Crippen molar-refractivity contribution >= 4 is 40.7 Å². The molecule has 2 aromatic carbocycles. The SMILES string of the molecule is CC(=O)Nc1cc(Cl)c(F)cc1[C@H]1[C@@H](c2ccc(F)c(Cl)c2)[C@H](C(=O)NCCC[C@@H]2CC[C@@H](O)C2)N[C@@H]1CC(C)(C)C. The van der Waals surface area contributed by atoms with E-state index in [1.807, 2.05) is 0 Å². The summed E-state index contributed by atoms with van der Waals surface area (Å²) in [5.41, 5.74) is 1.31. The molecule has 4 N–H and O–H groups in total. The zero-order valence-corrected chi connectivity index (χ0v) is 26.1. The molecule has 230 valence electrons. The van der Waals surface area contributed by atoms with Gasteiger partial charge >= 0.3 is 0 Å². The third-order valence-electron chi connectivity index (χ3n) is 8.38. The van der Waals surface area contributed by atoms with E-state index in [-0.39, 0.29) is 39.4 Å². The lowest BCUT2D eigenvalue weighted by atomic mass is 9.73.